The number of nitrogens with zero attached hydrogens (tertiary/aromatic N) is 1. The summed E-state index contributed by atoms with van der Waals surface area (Å²) in [5, 5.41) is 9.61. The maximum Gasteiger partial charge on any atom is 0.362 e. The van der Waals surface area contributed by atoms with Crippen LogP contribution in [0.4, 0.5) is 0 Å². The maximum absolute atomic E-state index is 12.7. The Labute approximate surface area is 337 Å². The first kappa shape index (κ1) is 52.0. The summed E-state index contributed by atoms with van der Waals surface area (Å²) in [6.45, 7) is 4.56. The van der Waals surface area contributed by atoms with Gasteiger partial charge in [-0.3, -0.25) is 9.59 Å². The Kier molecular flexibility index (Phi) is 35.9. The number of likely N-dealkylation sites (N-methyl/N-ethyl adjacent to an activating group) is 1. The molecule has 0 aromatic carbocycles. The fourth-order valence-corrected chi connectivity index (χ4v) is 6.02. The van der Waals surface area contributed by atoms with Crippen molar-refractivity contribution in [2.45, 2.75) is 180 Å². The second kappa shape index (κ2) is 37.9. The topological polar surface area (TPSA) is 99.1 Å². The molecule has 0 bridgehead atoms. The lowest BCUT2D eigenvalue weighted by molar-refractivity contribution is -0.887. The lowest BCUT2D eigenvalue weighted by Crippen LogP contribution is -2.50. The van der Waals surface area contributed by atoms with Gasteiger partial charge in [0.05, 0.1) is 34.4 Å². The summed E-state index contributed by atoms with van der Waals surface area (Å²) < 4.78 is 17.2. The lowest BCUT2D eigenvalue weighted by Gasteiger charge is -2.31. The minimum Gasteiger partial charge on any atom is -0.477 e. The SMILES string of the molecule is CC/C=C/C/C=C/C/C=C/C/C=C/CCCCCC(=O)OC(COCCC(C(=O)O)[N+](C)(C)C)COC(=O)CCCCCCCCC/C=C/CCCCCC. The van der Waals surface area contributed by atoms with Crippen LogP contribution in [-0.4, -0.2) is 80.6 Å². The first-order valence-corrected chi connectivity index (χ1v) is 21.8. The number of rotatable bonds is 38. The van der Waals surface area contributed by atoms with Crippen LogP contribution in [0.3, 0.4) is 0 Å². The molecule has 0 radical (unpaired) electrons. The second-order valence-electron chi connectivity index (χ2n) is 15.6. The van der Waals surface area contributed by atoms with Crippen molar-refractivity contribution in [1.82, 2.24) is 0 Å². The highest BCUT2D eigenvalue weighted by atomic mass is 16.6. The van der Waals surface area contributed by atoms with E-state index in [2.05, 4.69) is 74.6 Å². The fraction of sp³-hybridized carbons (Fsp3) is 0.723. The van der Waals surface area contributed by atoms with Gasteiger partial charge in [0.25, 0.3) is 0 Å². The van der Waals surface area contributed by atoms with E-state index in [1.165, 1.54) is 64.2 Å². The molecule has 8 heteroatoms. The molecule has 8 nitrogen and oxygen atoms in total. The highest BCUT2D eigenvalue weighted by molar-refractivity contribution is 5.72. The monoisotopic (exact) mass is 773 g/mol. The van der Waals surface area contributed by atoms with Crippen LogP contribution < -0.4 is 0 Å². The first-order chi connectivity index (χ1) is 26.6. The molecule has 0 amide bonds. The van der Waals surface area contributed by atoms with Crippen molar-refractivity contribution >= 4 is 17.9 Å². The van der Waals surface area contributed by atoms with E-state index in [9.17, 15) is 19.5 Å². The summed E-state index contributed by atoms with van der Waals surface area (Å²) in [5.41, 5.74) is 0. The first-order valence-electron chi connectivity index (χ1n) is 21.8. The molecule has 316 valence electrons. The van der Waals surface area contributed by atoms with Gasteiger partial charge in [-0.2, -0.15) is 0 Å². The lowest BCUT2D eigenvalue weighted by atomic mass is 10.1. The molecule has 0 aliphatic rings. The number of esters is 2. The van der Waals surface area contributed by atoms with Crippen LogP contribution in [0.25, 0.3) is 0 Å². The Balaban J connectivity index is 4.43. The molecule has 0 aliphatic carbocycles. The van der Waals surface area contributed by atoms with Crippen LogP contribution in [0, 0.1) is 0 Å². The van der Waals surface area contributed by atoms with Crippen LogP contribution in [0.5, 0.6) is 0 Å². The highest BCUT2D eigenvalue weighted by Gasteiger charge is 2.31. The predicted octanol–water partition coefficient (Wildman–Crippen LogP) is 11.8. The Morgan fingerprint density at radius 1 is 0.564 bits per heavy atom. The largest absolute Gasteiger partial charge is 0.477 e. The number of carbonyl (C=O) groups excluding carboxylic acids is 2. The summed E-state index contributed by atoms with van der Waals surface area (Å²) in [6.07, 6.45) is 45.4. The summed E-state index contributed by atoms with van der Waals surface area (Å²) in [7, 11) is 5.51. The minimum absolute atomic E-state index is 0.0447. The summed E-state index contributed by atoms with van der Waals surface area (Å²) in [4.78, 5) is 36.9. The summed E-state index contributed by atoms with van der Waals surface area (Å²) >= 11 is 0. The number of hydrogen-bond acceptors (Lipinski definition) is 6. The van der Waals surface area contributed by atoms with Crippen molar-refractivity contribution in [2.75, 3.05) is 41.0 Å². The Morgan fingerprint density at radius 2 is 1.02 bits per heavy atom. The zero-order chi connectivity index (χ0) is 40.7. The van der Waals surface area contributed by atoms with Gasteiger partial charge in [0, 0.05) is 19.3 Å². The maximum atomic E-state index is 12.7. The van der Waals surface area contributed by atoms with Gasteiger partial charge >= 0.3 is 17.9 Å². The molecule has 1 N–H and O–H groups in total. The number of hydrogen-bond donors (Lipinski definition) is 1. The number of carboxylic acid groups (broad SMARTS) is 1. The number of unbranched alkanes of at least 4 members (excludes halogenated alkanes) is 14. The standard InChI is InChI=1S/C47H81NO7/c1-6-8-10-12-14-16-18-20-22-24-26-28-30-32-34-36-38-46(50)55-43(41-53-40-39-44(47(51)52)48(3,4)5)42-54-45(49)37-35-33-31-29-27-25-23-21-19-17-15-13-11-9-7-2/h8,10,14,16-17,19-20,22,26,28,43-44H,6-7,9,11-13,15,18,21,23-25,27,29-42H2,1-5H3/p+1/b10-8+,16-14+,19-17+,22-20+,28-26+. The van der Waals surface area contributed by atoms with E-state index in [0.717, 1.165) is 70.6 Å². The molecule has 0 rings (SSSR count). The van der Waals surface area contributed by atoms with Crippen molar-refractivity contribution in [3.8, 4) is 0 Å². The molecular weight excluding hydrogens is 691 g/mol. The van der Waals surface area contributed by atoms with Gasteiger partial charge < -0.3 is 23.8 Å². The molecule has 0 saturated heterocycles. The molecule has 0 saturated carbocycles. The third-order valence-electron chi connectivity index (χ3n) is 9.40. The molecule has 0 heterocycles. The van der Waals surface area contributed by atoms with Crippen molar-refractivity contribution < 1.29 is 38.2 Å². The molecule has 2 unspecified atom stereocenters. The minimum atomic E-state index is -0.883. The number of aliphatic carboxylic acids is 1. The summed E-state index contributed by atoms with van der Waals surface area (Å²) in [5.74, 6) is -1.52. The summed E-state index contributed by atoms with van der Waals surface area (Å²) in [6, 6.07) is -0.623. The predicted molar refractivity (Wildman–Crippen MR) is 229 cm³/mol. The fourth-order valence-electron chi connectivity index (χ4n) is 6.02. The number of allylic oxidation sites excluding steroid dienone is 10. The third kappa shape index (κ3) is 36.4. The van der Waals surface area contributed by atoms with Crippen LogP contribution in [0.15, 0.2) is 60.8 Å². The Hall–Kier alpha value is -2.97. The van der Waals surface area contributed by atoms with E-state index in [4.69, 9.17) is 14.2 Å². The van der Waals surface area contributed by atoms with E-state index in [1.54, 1.807) is 0 Å². The Morgan fingerprint density at radius 3 is 1.55 bits per heavy atom. The molecule has 0 spiro atoms. The number of carbonyl (C=O) groups is 3. The molecule has 0 aromatic heterocycles. The smallest absolute Gasteiger partial charge is 0.362 e. The van der Waals surface area contributed by atoms with Gasteiger partial charge in [-0.05, 0) is 77.0 Å². The second-order valence-corrected chi connectivity index (χ2v) is 15.6. The van der Waals surface area contributed by atoms with E-state index < -0.39 is 18.1 Å². The number of carboxylic acids is 1. The third-order valence-corrected chi connectivity index (χ3v) is 9.40. The Bertz CT molecular complexity index is 1090. The number of quaternary nitrogens is 1. The van der Waals surface area contributed by atoms with Gasteiger partial charge in [0.15, 0.2) is 12.1 Å². The van der Waals surface area contributed by atoms with Crippen molar-refractivity contribution in [2.24, 2.45) is 0 Å². The highest BCUT2D eigenvalue weighted by Crippen LogP contribution is 2.13. The van der Waals surface area contributed by atoms with Crippen molar-refractivity contribution in [3.63, 3.8) is 0 Å². The van der Waals surface area contributed by atoms with Gasteiger partial charge in [-0.1, -0.05) is 132 Å². The normalized spacial score (nSPS) is 13.5. The average molecular weight is 773 g/mol. The zero-order valence-corrected chi connectivity index (χ0v) is 35.9. The van der Waals surface area contributed by atoms with E-state index in [-0.39, 0.29) is 42.7 Å². The quantitative estimate of drug-likeness (QED) is 0.0289. The van der Waals surface area contributed by atoms with Crippen molar-refractivity contribution in [3.05, 3.63) is 60.8 Å². The van der Waals surface area contributed by atoms with Gasteiger partial charge in [-0.25, -0.2) is 4.79 Å². The molecule has 0 aromatic rings. The molecular formula is C47H82NO7+. The van der Waals surface area contributed by atoms with E-state index in [0.29, 0.717) is 12.8 Å². The van der Waals surface area contributed by atoms with Crippen LogP contribution in [0.1, 0.15) is 168 Å². The van der Waals surface area contributed by atoms with Crippen LogP contribution >= 0.6 is 0 Å². The van der Waals surface area contributed by atoms with Crippen LogP contribution in [-0.2, 0) is 28.6 Å². The van der Waals surface area contributed by atoms with Gasteiger partial charge in [0.1, 0.15) is 6.61 Å². The van der Waals surface area contributed by atoms with Gasteiger partial charge in [0.2, 0.25) is 0 Å². The molecule has 2 atom stereocenters. The van der Waals surface area contributed by atoms with Crippen molar-refractivity contribution in [1.29, 1.82) is 0 Å². The van der Waals surface area contributed by atoms with E-state index >= 15 is 0 Å². The van der Waals surface area contributed by atoms with Gasteiger partial charge in [-0.15, -0.1) is 0 Å². The van der Waals surface area contributed by atoms with Crippen LogP contribution in [0.2, 0.25) is 0 Å². The molecule has 0 fully saturated rings. The average Bonchev–Trinajstić information content (AvgIpc) is 3.14. The van der Waals surface area contributed by atoms with E-state index in [1.807, 2.05) is 21.1 Å². The molecule has 0 aliphatic heterocycles. The number of ether oxygens (including phenoxy) is 3. The zero-order valence-electron chi connectivity index (χ0n) is 35.9. The molecule has 55 heavy (non-hydrogen) atoms.